The molecular formula is C8H8ClNO2. The van der Waals surface area contributed by atoms with E-state index in [1.165, 1.54) is 0 Å². The summed E-state index contributed by atoms with van der Waals surface area (Å²) in [5.41, 5.74) is 1.64. The van der Waals surface area contributed by atoms with Crippen LogP contribution in [0.4, 0.5) is 0 Å². The average Bonchev–Trinajstić information content (AvgIpc) is 2.07. The first kappa shape index (κ1) is 7.98. The zero-order valence-electron chi connectivity index (χ0n) is 6.33. The molecule has 0 amide bonds. The van der Waals surface area contributed by atoms with Gasteiger partial charge in [0.2, 0.25) is 0 Å². The lowest BCUT2D eigenvalue weighted by Crippen LogP contribution is -2.16. The van der Waals surface area contributed by atoms with E-state index in [1.807, 2.05) is 0 Å². The molecule has 1 unspecified atom stereocenters. The van der Waals surface area contributed by atoms with Gasteiger partial charge in [-0.25, -0.2) is 4.98 Å². The Hall–Kier alpha value is -0.640. The van der Waals surface area contributed by atoms with E-state index in [4.69, 9.17) is 16.3 Å². The number of hydrogen-bond donors (Lipinski definition) is 1. The predicted octanol–water partition coefficient (Wildman–Crippen LogP) is 1.30. The van der Waals surface area contributed by atoms with E-state index in [0.717, 1.165) is 11.1 Å². The molecule has 1 aromatic rings. The van der Waals surface area contributed by atoms with Crippen molar-refractivity contribution in [1.29, 1.82) is 0 Å². The van der Waals surface area contributed by atoms with Crippen molar-refractivity contribution in [3.05, 3.63) is 28.5 Å². The Morgan fingerprint density at radius 2 is 2.50 bits per heavy atom. The van der Waals surface area contributed by atoms with E-state index in [2.05, 4.69) is 4.98 Å². The largest absolute Gasteiger partial charge is 0.386 e. The molecule has 1 aliphatic rings. The third-order valence-electron chi connectivity index (χ3n) is 1.92. The number of rotatable bonds is 0. The highest BCUT2D eigenvalue weighted by atomic mass is 35.5. The van der Waals surface area contributed by atoms with Crippen molar-refractivity contribution in [3.8, 4) is 0 Å². The Morgan fingerprint density at radius 3 is 3.25 bits per heavy atom. The smallest absolute Gasteiger partial charge is 0.134 e. The van der Waals surface area contributed by atoms with E-state index < -0.39 is 6.10 Å². The first-order valence-corrected chi connectivity index (χ1v) is 4.06. The monoisotopic (exact) mass is 185 g/mol. The molecule has 3 nitrogen and oxygen atoms in total. The van der Waals surface area contributed by atoms with E-state index in [1.54, 1.807) is 12.3 Å². The summed E-state index contributed by atoms with van der Waals surface area (Å²) in [5.74, 6) is 0. The van der Waals surface area contributed by atoms with Gasteiger partial charge in [0.1, 0.15) is 11.3 Å². The number of aliphatic hydroxyl groups excluding tert-OH is 1. The summed E-state index contributed by atoms with van der Waals surface area (Å²) in [4.78, 5) is 3.90. The molecule has 1 atom stereocenters. The molecular weight excluding hydrogens is 178 g/mol. The molecule has 64 valence electrons. The van der Waals surface area contributed by atoms with Gasteiger partial charge in [-0.2, -0.15) is 0 Å². The van der Waals surface area contributed by atoms with Gasteiger partial charge in [0.05, 0.1) is 13.2 Å². The molecule has 2 rings (SSSR count). The zero-order valence-corrected chi connectivity index (χ0v) is 7.08. The van der Waals surface area contributed by atoms with Crippen molar-refractivity contribution in [3.63, 3.8) is 0 Å². The molecule has 2 heterocycles. The Kier molecular flexibility index (Phi) is 2.00. The van der Waals surface area contributed by atoms with Crippen molar-refractivity contribution in [2.75, 3.05) is 6.61 Å². The van der Waals surface area contributed by atoms with Gasteiger partial charge in [-0.05, 0) is 11.6 Å². The van der Waals surface area contributed by atoms with Crippen LogP contribution >= 0.6 is 11.6 Å². The molecule has 0 fully saturated rings. The van der Waals surface area contributed by atoms with E-state index >= 15 is 0 Å². The molecule has 0 bridgehead atoms. The maximum absolute atomic E-state index is 9.47. The summed E-state index contributed by atoms with van der Waals surface area (Å²) in [6.07, 6.45) is 1.03. The van der Waals surface area contributed by atoms with Gasteiger partial charge >= 0.3 is 0 Å². The molecule has 1 aromatic heterocycles. The number of halogens is 1. The minimum absolute atomic E-state index is 0.341. The summed E-state index contributed by atoms with van der Waals surface area (Å²) in [6.45, 7) is 0.784. The molecule has 0 saturated heterocycles. The first-order valence-electron chi connectivity index (χ1n) is 3.68. The Labute approximate surface area is 75.0 Å². The highest BCUT2D eigenvalue weighted by Gasteiger charge is 2.20. The van der Waals surface area contributed by atoms with Gasteiger partial charge < -0.3 is 9.84 Å². The van der Waals surface area contributed by atoms with Crippen LogP contribution in [0, 0.1) is 0 Å². The Bertz CT molecular complexity index is 303. The summed E-state index contributed by atoms with van der Waals surface area (Å²) >= 11 is 5.81. The summed E-state index contributed by atoms with van der Waals surface area (Å²) in [6, 6.07) is 1.77. The van der Waals surface area contributed by atoms with Crippen molar-refractivity contribution >= 4 is 11.6 Å². The van der Waals surface area contributed by atoms with Crippen LogP contribution in [-0.4, -0.2) is 16.7 Å². The van der Waals surface area contributed by atoms with Crippen molar-refractivity contribution in [1.82, 2.24) is 4.98 Å². The lowest BCUT2D eigenvalue weighted by molar-refractivity contribution is 0.00962. The fourth-order valence-electron chi connectivity index (χ4n) is 1.30. The van der Waals surface area contributed by atoms with E-state index in [9.17, 15) is 5.11 Å². The van der Waals surface area contributed by atoms with Gasteiger partial charge in [0.25, 0.3) is 0 Å². The van der Waals surface area contributed by atoms with Gasteiger partial charge in [0.15, 0.2) is 0 Å². The number of fused-ring (bicyclic) bond motifs is 1. The standard InChI is InChI=1S/C8H8ClNO2/c9-8-6-3-12-4-7(11)5(6)1-2-10-8/h1-2,7,11H,3-4H2. The highest BCUT2D eigenvalue weighted by Crippen LogP contribution is 2.28. The number of ether oxygens (including phenoxy) is 1. The second kappa shape index (κ2) is 3.01. The second-order valence-corrected chi connectivity index (χ2v) is 3.06. The van der Waals surface area contributed by atoms with Crippen molar-refractivity contribution in [2.45, 2.75) is 12.7 Å². The summed E-state index contributed by atoms with van der Waals surface area (Å²) in [5, 5.41) is 9.90. The molecule has 4 heteroatoms. The third-order valence-corrected chi connectivity index (χ3v) is 2.25. The third kappa shape index (κ3) is 1.20. The number of nitrogens with zero attached hydrogens (tertiary/aromatic N) is 1. The SMILES string of the molecule is OC1COCc2c1ccnc2Cl. The number of aromatic nitrogens is 1. The van der Waals surface area contributed by atoms with Gasteiger partial charge in [-0.15, -0.1) is 0 Å². The number of aliphatic hydroxyl groups is 1. The Morgan fingerprint density at radius 1 is 1.67 bits per heavy atom. The average molecular weight is 186 g/mol. The van der Waals surface area contributed by atoms with Crippen LogP contribution in [0.3, 0.4) is 0 Å². The fourth-order valence-corrected chi connectivity index (χ4v) is 1.52. The Balaban J connectivity index is 2.52. The van der Waals surface area contributed by atoms with Crippen molar-refractivity contribution < 1.29 is 9.84 Å². The van der Waals surface area contributed by atoms with Crippen LogP contribution in [0.25, 0.3) is 0 Å². The van der Waals surface area contributed by atoms with E-state index in [-0.39, 0.29) is 0 Å². The molecule has 0 aliphatic carbocycles. The maximum atomic E-state index is 9.47. The lowest BCUT2D eigenvalue weighted by atomic mass is 10.0. The van der Waals surface area contributed by atoms with Crippen LogP contribution in [0.2, 0.25) is 5.15 Å². The van der Waals surface area contributed by atoms with Crippen LogP contribution in [0.1, 0.15) is 17.2 Å². The quantitative estimate of drug-likeness (QED) is 0.620. The summed E-state index contributed by atoms with van der Waals surface area (Å²) < 4.78 is 5.11. The topological polar surface area (TPSA) is 42.4 Å². The highest BCUT2D eigenvalue weighted by molar-refractivity contribution is 6.30. The fraction of sp³-hybridized carbons (Fsp3) is 0.375. The van der Waals surface area contributed by atoms with Crippen LogP contribution in [0.15, 0.2) is 12.3 Å². The molecule has 1 N–H and O–H groups in total. The molecule has 0 spiro atoms. The molecule has 1 aliphatic heterocycles. The van der Waals surface area contributed by atoms with Crippen LogP contribution in [-0.2, 0) is 11.3 Å². The van der Waals surface area contributed by atoms with Gasteiger partial charge in [-0.3, -0.25) is 0 Å². The van der Waals surface area contributed by atoms with Crippen LogP contribution in [0.5, 0.6) is 0 Å². The summed E-state index contributed by atoms with van der Waals surface area (Å²) in [7, 11) is 0. The molecule has 0 saturated carbocycles. The van der Waals surface area contributed by atoms with Gasteiger partial charge in [-0.1, -0.05) is 11.6 Å². The number of pyridine rings is 1. The molecule has 12 heavy (non-hydrogen) atoms. The lowest BCUT2D eigenvalue weighted by Gasteiger charge is -2.21. The molecule has 0 aromatic carbocycles. The van der Waals surface area contributed by atoms with Crippen LogP contribution < -0.4 is 0 Å². The normalized spacial score (nSPS) is 22.0. The van der Waals surface area contributed by atoms with E-state index in [0.29, 0.717) is 18.4 Å². The second-order valence-electron chi connectivity index (χ2n) is 2.70. The first-order chi connectivity index (χ1) is 5.79. The number of hydrogen-bond acceptors (Lipinski definition) is 3. The minimum Gasteiger partial charge on any atom is -0.386 e. The molecule has 0 radical (unpaired) electrons. The minimum atomic E-state index is -0.561. The van der Waals surface area contributed by atoms with Crippen molar-refractivity contribution in [2.24, 2.45) is 0 Å². The zero-order chi connectivity index (χ0) is 8.55. The maximum Gasteiger partial charge on any atom is 0.134 e. The predicted molar refractivity (Wildman–Crippen MR) is 43.9 cm³/mol. The van der Waals surface area contributed by atoms with Gasteiger partial charge in [0, 0.05) is 11.8 Å².